The molecule has 1 aliphatic rings. The van der Waals surface area contributed by atoms with Crippen molar-refractivity contribution >= 4 is 27.7 Å². The van der Waals surface area contributed by atoms with E-state index in [4.69, 9.17) is 5.73 Å². The SMILES string of the molecule is NC(=O)c1ccnc(-c2ccc(S(=O)(=O)N3CCSCC3)cc2)c1. The van der Waals surface area contributed by atoms with Crippen molar-refractivity contribution in [2.45, 2.75) is 4.90 Å². The Bertz CT molecular complexity index is 845. The molecule has 1 fully saturated rings. The van der Waals surface area contributed by atoms with Gasteiger partial charge in [-0.3, -0.25) is 9.78 Å². The zero-order valence-corrected chi connectivity index (χ0v) is 14.5. The Balaban J connectivity index is 1.88. The predicted octanol–water partition coefficient (Wildman–Crippen LogP) is 1.58. The molecule has 8 heteroatoms. The third kappa shape index (κ3) is 3.45. The minimum absolute atomic E-state index is 0.268. The molecular formula is C16H17N3O3S2. The highest BCUT2D eigenvalue weighted by molar-refractivity contribution is 7.99. The minimum Gasteiger partial charge on any atom is -0.366 e. The molecule has 126 valence electrons. The lowest BCUT2D eigenvalue weighted by Crippen LogP contribution is -2.37. The number of thioether (sulfide) groups is 1. The van der Waals surface area contributed by atoms with E-state index in [1.54, 1.807) is 48.2 Å². The third-order valence-corrected chi connectivity index (χ3v) is 6.66. The summed E-state index contributed by atoms with van der Waals surface area (Å²) in [5.74, 6) is 1.11. The highest BCUT2D eigenvalue weighted by Crippen LogP contribution is 2.24. The van der Waals surface area contributed by atoms with Crippen LogP contribution in [0.3, 0.4) is 0 Å². The van der Waals surface area contributed by atoms with Gasteiger partial charge in [0.1, 0.15) is 0 Å². The first-order valence-corrected chi connectivity index (χ1v) is 10.0. The number of hydrogen-bond donors (Lipinski definition) is 1. The molecule has 0 atom stereocenters. The van der Waals surface area contributed by atoms with Gasteiger partial charge in [0.05, 0.1) is 10.6 Å². The molecule has 1 aliphatic heterocycles. The van der Waals surface area contributed by atoms with Gasteiger partial charge < -0.3 is 5.73 Å². The lowest BCUT2D eigenvalue weighted by Gasteiger charge is -2.25. The number of carbonyl (C=O) groups is 1. The van der Waals surface area contributed by atoms with Crippen molar-refractivity contribution in [2.24, 2.45) is 5.73 Å². The van der Waals surface area contributed by atoms with Crippen molar-refractivity contribution in [3.05, 3.63) is 48.2 Å². The molecular weight excluding hydrogens is 346 g/mol. The molecule has 24 heavy (non-hydrogen) atoms. The van der Waals surface area contributed by atoms with Crippen molar-refractivity contribution in [1.29, 1.82) is 0 Å². The first kappa shape index (κ1) is 16.9. The van der Waals surface area contributed by atoms with Gasteiger partial charge in [-0.2, -0.15) is 16.1 Å². The number of benzene rings is 1. The summed E-state index contributed by atoms with van der Waals surface area (Å²) in [6.07, 6.45) is 1.51. The number of aromatic nitrogens is 1. The van der Waals surface area contributed by atoms with Crippen LogP contribution in [0, 0.1) is 0 Å². The Hall–Kier alpha value is -1.90. The highest BCUT2D eigenvalue weighted by atomic mass is 32.2. The van der Waals surface area contributed by atoms with Gasteiger partial charge in [-0.25, -0.2) is 8.42 Å². The molecule has 0 aliphatic carbocycles. The van der Waals surface area contributed by atoms with Crippen LogP contribution in [-0.2, 0) is 10.0 Å². The van der Waals surface area contributed by atoms with E-state index in [0.717, 1.165) is 17.1 Å². The first-order chi connectivity index (χ1) is 11.5. The van der Waals surface area contributed by atoms with Crippen LogP contribution in [-0.4, -0.2) is 48.2 Å². The average Bonchev–Trinajstić information content (AvgIpc) is 2.62. The number of primary amides is 1. The molecule has 0 unspecified atom stereocenters. The van der Waals surface area contributed by atoms with Gasteiger partial charge in [-0.15, -0.1) is 0 Å². The van der Waals surface area contributed by atoms with Crippen LogP contribution in [0.25, 0.3) is 11.3 Å². The fourth-order valence-corrected chi connectivity index (χ4v) is 5.05. The van der Waals surface area contributed by atoms with Crippen LogP contribution in [0.4, 0.5) is 0 Å². The van der Waals surface area contributed by atoms with Crippen LogP contribution in [0.2, 0.25) is 0 Å². The number of sulfonamides is 1. The second-order valence-electron chi connectivity index (χ2n) is 5.33. The Morgan fingerprint density at radius 3 is 2.42 bits per heavy atom. The first-order valence-electron chi connectivity index (χ1n) is 7.43. The van der Waals surface area contributed by atoms with Gasteiger partial charge >= 0.3 is 0 Å². The highest BCUT2D eigenvalue weighted by Gasteiger charge is 2.25. The number of hydrogen-bond acceptors (Lipinski definition) is 5. The summed E-state index contributed by atoms with van der Waals surface area (Å²) >= 11 is 1.76. The van der Waals surface area contributed by atoms with E-state index in [9.17, 15) is 13.2 Å². The summed E-state index contributed by atoms with van der Waals surface area (Å²) in [7, 11) is -3.46. The normalized spacial score (nSPS) is 16.0. The Kier molecular flexibility index (Phi) is 4.88. The van der Waals surface area contributed by atoms with E-state index >= 15 is 0 Å². The molecule has 1 amide bonds. The molecule has 6 nitrogen and oxygen atoms in total. The van der Waals surface area contributed by atoms with Gasteiger partial charge in [-0.1, -0.05) is 12.1 Å². The zero-order valence-electron chi connectivity index (χ0n) is 12.9. The number of amides is 1. The predicted molar refractivity (Wildman–Crippen MR) is 94.3 cm³/mol. The topological polar surface area (TPSA) is 93.4 Å². The molecule has 1 saturated heterocycles. The van der Waals surface area contributed by atoms with E-state index in [1.165, 1.54) is 10.5 Å². The number of nitrogens with two attached hydrogens (primary N) is 1. The summed E-state index contributed by atoms with van der Waals surface area (Å²) in [5, 5.41) is 0. The van der Waals surface area contributed by atoms with Gasteiger partial charge in [-0.05, 0) is 24.3 Å². The van der Waals surface area contributed by atoms with Crippen molar-refractivity contribution < 1.29 is 13.2 Å². The van der Waals surface area contributed by atoms with Gasteiger partial charge in [0.25, 0.3) is 0 Å². The van der Waals surface area contributed by atoms with E-state index in [0.29, 0.717) is 24.3 Å². The summed E-state index contributed by atoms with van der Waals surface area (Å²) in [6.45, 7) is 1.08. The maximum atomic E-state index is 12.6. The lowest BCUT2D eigenvalue weighted by atomic mass is 10.1. The number of nitrogens with zero attached hydrogens (tertiary/aromatic N) is 2. The molecule has 0 radical (unpaired) electrons. The molecule has 0 bridgehead atoms. The van der Waals surface area contributed by atoms with Crippen molar-refractivity contribution in [3.8, 4) is 11.3 Å². The molecule has 3 rings (SSSR count). The average molecular weight is 363 g/mol. The monoisotopic (exact) mass is 363 g/mol. The smallest absolute Gasteiger partial charge is 0.248 e. The maximum Gasteiger partial charge on any atom is 0.248 e. The van der Waals surface area contributed by atoms with Crippen LogP contribution in [0.15, 0.2) is 47.5 Å². The molecule has 1 aromatic carbocycles. The molecule has 0 spiro atoms. The fourth-order valence-electron chi connectivity index (χ4n) is 2.48. The fraction of sp³-hybridized carbons (Fsp3) is 0.250. The Labute approximate surface area is 145 Å². The summed E-state index contributed by atoms with van der Waals surface area (Å²) in [6, 6.07) is 9.67. The van der Waals surface area contributed by atoms with E-state index in [1.807, 2.05) is 0 Å². The third-order valence-electron chi connectivity index (χ3n) is 3.80. The zero-order chi connectivity index (χ0) is 17.2. The van der Waals surface area contributed by atoms with E-state index in [2.05, 4.69) is 4.98 Å². The lowest BCUT2D eigenvalue weighted by molar-refractivity contribution is 0.1000. The van der Waals surface area contributed by atoms with E-state index < -0.39 is 15.9 Å². The van der Waals surface area contributed by atoms with Gasteiger partial charge in [0, 0.05) is 41.9 Å². The molecule has 0 saturated carbocycles. The van der Waals surface area contributed by atoms with Gasteiger partial charge in [0.15, 0.2) is 0 Å². The number of rotatable bonds is 4. The summed E-state index contributed by atoms with van der Waals surface area (Å²) in [5.41, 5.74) is 6.94. The van der Waals surface area contributed by atoms with Gasteiger partial charge in [0.2, 0.25) is 15.9 Å². The second-order valence-corrected chi connectivity index (χ2v) is 8.50. The minimum atomic E-state index is -3.46. The largest absolute Gasteiger partial charge is 0.366 e. The molecule has 2 heterocycles. The molecule has 2 N–H and O–H groups in total. The Morgan fingerprint density at radius 2 is 1.79 bits per heavy atom. The van der Waals surface area contributed by atoms with E-state index in [-0.39, 0.29) is 4.90 Å². The molecule has 1 aromatic heterocycles. The molecule has 2 aromatic rings. The van der Waals surface area contributed by atoms with Crippen LogP contribution >= 0.6 is 11.8 Å². The maximum absolute atomic E-state index is 12.6. The van der Waals surface area contributed by atoms with Crippen molar-refractivity contribution in [2.75, 3.05) is 24.6 Å². The van der Waals surface area contributed by atoms with Crippen molar-refractivity contribution in [1.82, 2.24) is 9.29 Å². The van der Waals surface area contributed by atoms with Crippen LogP contribution in [0.1, 0.15) is 10.4 Å². The summed E-state index contributed by atoms with van der Waals surface area (Å²) < 4.78 is 26.8. The standard InChI is InChI=1S/C16H17N3O3S2/c17-16(20)13-5-6-18-15(11-13)12-1-3-14(4-2-12)24(21,22)19-7-9-23-10-8-19/h1-6,11H,7-10H2,(H2,17,20). The summed E-state index contributed by atoms with van der Waals surface area (Å²) in [4.78, 5) is 15.7. The number of pyridine rings is 1. The van der Waals surface area contributed by atoms with Crippen molar-refractivity contribution in [3.63, 3.8) is 0 Å². The number of carbonyl (C=O) groups excluding carboxylic acids is 1. The Morgan fingerprint density at radius 1 is 1.12 bits per heavy atom. The quantitative estimate of drug-likeness (QED) is 0.890. The van der Waals surface area contributed by atoms with Crippen LogP contribution in [0.5, 0.6) is 0 Å². The van der Waals surface area contributed by atoms with Crippen LogP contribution < -0.4 is 5.73 Å². The second kappa shape index (κ2) is 6.92.